The van der Waals surface area contributed by atoms with Crippen molar-refractivity contribution < 1.29 is 23.9 Å². The second-order valence-electron chi connectivity index (χ2n) is 7.75. The number of methoxy groups -OCH3 is 2. The molecule has 0 bridgehead atoms. The molecule has 3 amide bonds. The summed E-state index contributed by atoms with van der Waals surface area (Å²) in [5, 5.41) is 0.834. The highest BCUT2D eigenvalue weighted by Gasteiger charge is 2.37. The number of ether oxygens (including phenoxy) is 2. The van der Waals surface area contributed by atoms with E-state index in [1.165, 1.54) is 11.3 Å². The van der Waals surface area contributed by atoms with Crippen LogP contribution in [0.15, 0.2) is 36.4 Å². The Morgan fingerprint density at radius 1 is 0.939 bits per heavy atom. The van der Waals surface area contributed by atoms with Gasteiger partial charge in [0.05, 0.1) is 25.3 Å². The Kier molecular flexibility index (Phi) is 5.37. The maximum Gasteiger partial charge on any atom is 0.262 e. The number of piperazine rings is 1. The van der Waals surface area contributed by atoms with Crippen LogP contribution in [0.4, 0.5) is 5.13 Å². The lowest BCUT2D eigenvalue weighted by molar-refractivity contribution is -0.131. The summed E-state index contributed by atoms with van der Waals surface area (Å²) >= 11 is 1.52. The second kappa shape index (κ2) is 8.36. The summed E-state index contributed by atoms with van der Waals surface area (Å²) in [7, 11) is 3.23. The fourth-order valence-corrected chi connectivity index (χ4v) is 5.30. The van der Waals surface area contributed by atoms with Crippen LogP contribution < -0.4 is 14.4 Å². The smallest absolute Gasteiger partial charge is 0.262 e. The number of hydrogen-bond donors (Lipinski definition) is 0. The fraction of sp³-hybridized carbons (Fsp3) is 0.304. The molecular formula is C23H22N4O5S. The first-order valence-electron chi connectivity index (χ1n) is 10.5. The summed E-state index contributed by atoms with van der Waals surface area (Å²) in [6.07, 6.45) is 0. The van der Waals surface area contributed by atoms with E-state index >= 15 is 0 Å². The number of aromatic nitrogens is 1. The first-order chi connectivity index (χ1) is 16.0. The van der Waals surface area contributed by atoms with Gasteiger partial charge in [-0.3, -0.25) is 19.3 Å². The topological polar surface area (TPSA) is 92.3 Å². The largest absolute Gasteiger partial charge is 0.495 e. The number of imide groups is 1. The van der Waals surface area contributed by atoms with Gasteiger partial charge in [0.15, 0.2) is 5.13 Å². The Balaban J connectivity index is 1.26. The number of fused-ring (bicyclic) bond motifs is 2. The zero-order valence-electron chi connectivity index (χ0n) is 18.2. The third-order valence-electron chi connectivity index (χ3n) is 5.97. The van der Waals surface area contributed by atoms with Crippen LogP contribution in [-0.4, -0.2) is 79.4 Å². The molecular weight excluding hydrogens is 444 g/mol. The zero-order valence-corrected chi connectivity index (χ0v) is 19.1. The van der Waals surface area contributed by atoms with Crippen molar-refractivity contribution in [3.8, 4) is 11.5 Å². The average Bonchev–Trinajstić information content (AvgIpc) is 3.40. The third kappa shape index (κ3) is 3.56. The second-order valence-corrected chi connectivity index (χ2v) is 8.73. The molecule has 1 aromatic heterocycles. The number of nitrogens with zero attached hydrogens (tertiary/aromatic N) is 4. The van der Waals surface area contributed by atoms with E-state index in [1.54, 1.807) is 43.4 Å². The summed E-state index contributed by atoms with van der Waals surface area (Å²) in [5.41, 5.74) is 1.45. The molecule has 2 aliphatic heterocycles. The van der Waals surface area contributed by atoms with Crippen LogP contribution >= 0.6 is 11.3 Å². The number of carbonyl (C=O) groups is 3. The average molecular weight is 467 g/mol. The predicted molar refractivity (Wildman–Crippen MR) is 123 cm³/mol. The minimum absolute atomic E-state index is 0.239. The van der Waals surface area contributed by atoms with Gasteiger partial charge in [-0.25, -0.2) is 4.98 Å². The lowest BCUT2D eigenvalue weighted by atomic mass is 10.1. The molecule has 1 fully saturated rings. The summed E-state index contributed by atoms with van der Waals surface area (Å²) < 4.78 is 11.8. The van der Waals surface area contributed by atoms with Crippen molar-refractivity contribution in [1.29, 1.82) is 0 Å². The number of carbonyl (C=O) groups excluding carboxylic acids is 3. The molecule has 0 saturated carbocycles. The van der Waals surface area contributed by atoms with E-state index in [1.807, 2.05) is 12.1 Å². The van der Waals surface area contributed by atoms with Crippen LogP contribution in [0.25, 0.3) is 10.2 Å². The Morgan fingerprint density at radius 3 is 2.15 bits per heavy atom. The quantitative estimate of drug-likeness (QED) is 0.533. The van der Waals surface area contributed by atoms with Crippen molar-refractivity contribution in [2.24, 2.45) is 0 Å². The van der Waals surface area contributed by atoms with Gasteiger partial charge in [-0.05, 0) is 24.3 Å². The summed E-state index contributed by atoms with van der Waals surface area (Å²) in [4.78, 5) is 47.6. The SMILES string of the molecule is COc1ccc(OC)c2sc(N3CCN(C(=O)CN4C(=O)c5ccccc5C4=O)CC3)nc12. The number of hydrogen-bond acceptors (Lipinski definition) is 8. The highest BCUT2D eigenvalue weighted by atomic mass is 32.1. The number of thiazole rings is 1. The molecule has 2 aliphatic rings. The Labute approximate surface area is 194 Å². The van der Waals surface area contributed by atoms with Gasteiger partial charge in [0.1, 0.15) is 28.3 Å². The van der Waals surface area contributed by atoms with Gasteiger partial charge in [0, 0.05) is 26.2 Å². The molecule has 0 unspecified atom stereocenters. The van der Waals surface area contributed by atoms with Crippen LogP contribution in [-0.2, 0) is 4.79 Å². The molecule has 0 atom stereocenters. The molecule has 3 heterocycles. The van der Waals surface area contributed by atoms with Gasteiger partial charge in [-0.1, -0.05) is 23.5 Å². The highest BCUT2D eigenvalue weighted by molar-refractivity contribution is 7.22. The molecule has 0 spiro atoms. The molecule has 9 nitrogen and oxygen atoms in total. The number of benzene rings is 2. The van der Waals surface area contributed by atoms with Gasteiger partial charge in [0.25, 0.3) is 11.8 Å². The third-order valence-corrected chi connectivity index (χ3v) is 7.10. The highest BCUT2D eigenvalue weighted by Crippen LogP contribution is 2.40. The van der Waals surface area contributed by atoms with E-state index in [0.717, 1.165) is 26.0 Å². The van der Waals surface area contributed by atoms with Crippen molar-refractivity contribution in [1.82, 2.24) is 14.8 Å². The minimum atomic E-state index is -0.417. The first-order valence-corrected chi connectivity index (χ1v) is 11.3. The summed E-state index contributed by atoms with van der Waals surface area (Å²) in [6, 6.07) is 10.3. The monoisotopic (exact) mass is 466 g/mol. The molecule has 33 heavy (non-hydrogen) atoms. The standard InChI is InChI=1S/C23H22N4O5S/c1-31-16-7-8-17(32-2)20-19(16)24-23(33-20)26-11-9-25(10-12-26)18(28)13-27-21(29)14-5-3-4-6-15(14)22(27)30/h3-8H,9-13H2,1-2H3. The normalized spacial score (nSPS) is 15.9. The Morgan fingerprint density at radius 2 is 1.55 bits per heavy atom. The lowest BCUT2D eigenvalue weighted by Crippen LogP contribution is -2.51. The van der Waals surface area contributed by atoms with E-state index in [0.29, 0.717) is 43.1 Å². The van der Waals surface area contributed by atoms with Gasteiger partial charge in [-0.2, -0.15) is 0 Å². The molecule has 0 radical (unpaired) electrons. The summed E-state index contributed by atoms with van der Waals surface area (Å²) in [6.45, 7) is 1.90. The van der Waals surface area contributed by atoms with E-state index in [-0.39, 0.29) is 12.5 Å². The molecule has 0 aliphatic carbocycles. The molecule has 2 aromatic carbocycles. The maximum absolute atomic E-state index is 12.9. The van der Waals surface area contributed by atoms with Crippen LogP contribution in [0, 0.1) is 0 Å². The van der Waals surface area contributed by atoms with Crippen LogP contribution in [0.1, 0.15) is 20.7 Å². The van der Waals surface area contributed by atoms with Gasteiger partial charge in [-0.15, -0.1) is 0 Å². The fourth-order valence-electron chi connectivity index (χ4n) is 4.17. The molecule has 10 heteroatoms. The van der Waals surface area contributed by atoms with Gasteiger partial charge in [0.2, 0.25) is 5.91 Å². The number of anilines is 1. The van der Waals surface area contributed by atoms with E-state index in [9.17, 15) is 14.4 Å². The van der Waals surface area contributed by atoms with Crippen molar-refractivity contribution in [2.75, 3.05) is 51.8 Å². The minimum Gasteiger partial charge on any atom is -0.495 e. The van der Waals surface area contributed by atoms with E-state index < -0.39 is 11.8 Å². The number of rotatable bonds is 5. The predicted octanol–water partition coefficient (Wildman–Crippen LogP) is 2.26. The zero-order chi connectivity index (χ0) is 23.1. The Bertz CT molecular complexity index is 1190. The maximum atomic E-state index is 12.9. The van der Waals surface area contributed by atoms with Gasteiger partial charge < -0.3 is 19.3 Å². The molecule has 170 valence electrons. The van der Waals surface area contributed by atoms with E-state index in [4.69, 9.17) is 14.5 Å². The van der Waals surface area contributed by atoms with Crippen molar-refractivity contribution in [3.63, 3.8) is 0 Å². The van der Waals surface area contributed by atoms with Crippen molar-refractivity contribution in [2.45, 2.75) is 0 Å². The molecule has 0 N–H and O–H groups in total. The van der Waals surface area contributed by atoms with E-state index in [2.05, 4.69) is 4.90 Å². The first kappa shape index (κ1) is 21.2. The number of amides is 3. The Hall–Kier alpha value is -3.66. The lowest BCUT2D eigenvalue weighted by Gasteiger charge is -2.35. The van der Waals surface area contributed by atoms with Crippen molar-refractivity contribution in [3.05, 3.63) is 47.5 Å². The molecule has 3 aromatic rings. The van der Waals surface area contributed by atoms with Crippen LogP contribution in [0.5, 0.6) is 11.5 Å². The molecule has 5 rings (SSSR count). The van der Waals surface area contributed by atoms with Crippen molar-refractivity contribution >= 4 is 44.4 Å². The van der Waals surface area contributed by atoms with Gasteiger partial charge >= 0.3 is 0 Å². The van der Waals surface area contributed by atoms with Crippen LogP contribution in [0.3, 0.4) is 0 Å². The molecule has 1 saturated heterocycles. The summed E-state index contributed by atoms with van der Waals surface area (Å²) in [5.74, 6) is 0.351. The van der Waals surface area contributed by atoms with Crippen LogP contribution in [0.2, 0.25) is 0 Å².